The Morgan fingerprint density at radius 2 is 1.45 bits per heavy atom. The van der Waals surface area contributed by atoms with Gasteiger partial charge in [0.15, 0.2) is 5.75 Å². The Kier molecular flexibility index (Phi) is 3.03. The van der Waals surface area contributed by atoms with Crippen LogP contribution in [-0.4, -0.2) is 0 Å². The van der Waals surface area contributed by atoms with Gasteiger partial charge in [-0.1, -0.05) is 6.07 Å². The fourth-order valence-corrected chi connectivity index (χ4v) is 1.19. The van der Waals surface area contributed by atoms with Crippen molar-refractivity contribution in [3.05, 3.63) is 29.3 Å². The number of hydrogen-bond donors (Lipinski definition) is 0. The fraction of sp³-hybridized carbons (Fsp3) is 0.250. The Bertz CT molecular complexity index is 226. The van der Waals surface area contributed by atoms with Crippen LogP contribution in [0.4, 0.5) is 0 Å². The predicted molar refractivity (Wildman–Crippen MR) is 45.7 cm³/mol. The topological polar surface area (TPSA) is 19.9 Å². The number of hydrogen-bond acceptors (Lipinski definition) is 0. The molecule has 1 radical (unpaired) electrons. The van der Waals surface area contributed by atoms with Crippen LogP contribution in [0.15, 0.2) is 18.2 Å². The van der Waals surface area contributed by atoms with Crippen LogP contribution in [0.3, 0.4) is 0 Å². The van der Waals surface area contributed by atoms with Crippen LogP contribution in [0, 0.1) is 0 Å². The minimum Gasteiger partial charge on any atom is -0.290 e. The summed E-state index contributed by atoms with van der Waals surface area (Å²) in [5.41, 5.74) is 1.66. The van der Waals surface area contributed by atoms with E-state index in [1.165, 1.54) is 12.1 Å². The monoisotopic (exact) mass is 189 g/mol. The smallest absolute Gasteiger partial charge is 0.179 e. The summed E-state index contributed by atoms with van der Waals surface area (Å²) >= 11 is 11.1. The molecule has 0 amide bonds. The van der Waals surface area contributed by atoms with Crippen molar-refractivity contribution in [2.75, 3.05) is 0 Å². The van der Waals surface area contributed by atoms with Crippen molar-refractivity contribution in [1.82, 2.24) is 0 Å². The first kappa shape index (κ1) is 8.69. The Hall–Kier alpha value is -0.400. The molecule has 59 valence electrons. The summed E-state index contributed by atoms with van der Waals surface area (Å²) in [6.45, 7) is 0. The normalized spacial score (nSPS) is 10.0. The minimum absolute atomic E-state index is 0.0289. The van der Waals surface area contributed by atoms with E-state index in [0.717, 1.165) is 11.1 Å². The molecule has 0 heterocycles. The van der Waals surface area contributed by atoms with E-state index in [-0.39, 0.29) is 5.75 Å². The van der Waals surface area contributed by atoms with Gasteiger partial charge in [-0.2, -0.15) is 0 Å². The molecule has 0 aliphatic heterocycles. The second kappa shape index (κ2) is 3.84. The number of rotatable bonds is 2. The second-order valence-corrected chi connectivity index (χ2v) is 2.79. The first-order valence-electron chi connectivity index (χ1n) is 3.18. The zero-order valence-corrected chi connectivity index (χ0v) is 7.32. The molecule has 1 aromatic rings. The molecule has 0 unspecified atom stereocenters. The molecule has 0 aliphatic rings. The van der Waals surface area contributed by atoms with Crippen molar-refractivity contribution in [2.45, 2.75) is 11.8 Å². The van der Waals surface area contributed by atoms with Crippen molar-refractivity contribution < 1.29 is 5.11 Å². The quantitative estimate of drug-likeness (QED) is 0.637. The molecule has 0 aliphatic carbocycles. The summed E-state index contributed by atoms with van der Waals surface area (Å²) in [5, 5.41) is 10.9. The average molecular weight is 190 g/mol. The zero-order valence-electron chi connectivity index (χ0n) is 5.81. The fourth-order valence-electron chi connectivity index (χ4n) is 0.883. The highest BCUT2D eigenvalue weighted by atomic mass is 35.5. The summed E-state index contributed by atoms with van der Waals surface area (Å²) in [6.07, 6.45) is 0. The van der Waals surface area contributed by atoms with Gasteiger partial charge in [-0.15, -0.1) is 23.2 Å². The van der Waals surface area contributed by atoms with Crippen molar-refractivity contribution in [2.24, 2.45) is 0 Å². The maximum Gasteiger partial charge on any atom is 0.179 e. The summed E-state index contributed by atoms with van der Waals surface area (Å²) in [7, 11) is 0. The van der Waals surface area contributed by atoms with Gasteiger partial charge in [0.25, 0.3) is 0 Å². The van der Waals surface area contributed by atoms with Gasteiger partial charge in [-0.3, -0.25) is 5.11 Å². The van der Waals surface area contributed by atoms with E-state index in [1.54, 1.807) is 0 Å². The highest BCUT2D eigenvalue weighted by Gasteiger charge is 1.98. The van der Waals surface area contributed by atoms with Crippen molar-refractivity contribution in [3.8, 4) is 5.75 Å². The van der Waals surface area contributed by atoms with Crippen molar-refractivity contribution in [3.63, 3.8) is 0 Å². The molecule has 0 saturated carbocycles. The van der Waals surface area contributed by atoms with Gasteiger partial charge in [-0.25, -0.2) is 0 Å². The van der Waals surface area contributed by atoms with Gasteiger partial charge >= 0.3 is 0 Å². The van der Waals surface area contributed by atoms with E-state index in [0.29, 0.717) is 11.8 Å². The number of alkyl halides is 2. The van der Waals surface area contributed by atoms with Crippen molar-refractivity contribution >= 4 is 23.2 Å². The Morgan fingerprint density at radius 3 is 1.82 bits per heavy atom. The van der Waals surface area contributed by atoms with Gasteiger partial charge < -0.3 is 0 Å². The molecule has 0 atom stereocenters. The van der Waals surface area contributed by atoms with Crippen molar-refractivity contribution in [1.29, 1.82) is 0 Å². The molecule has 0 fully saturated rings. The maximum atomic E-state index is 10.9. The van der Waals surface area contributed by atoms with E-state index < -0.39 is 0 Å². The van der Waals surface area contributed by atoms with Crippen LogP contribution in [-0.2, 0) is 16.9 Å². The van der Waals surface area contributed by atoms with E-state index in [1.807, 2.05) is 6.07 Å². The molecule has 1 nitrogen and oxygen atoms in total. The molecule has 0 saturated heterocycles. The van der Waals surface area contributed by atoms with Crippen LogP contribution in [0.2, 0.25) is 0 Å². The lowest BCUT2D eigenvalue weighted by atomic mass is 10.1. The van der Waals surface area contributed by atoms with Gasteiger partial charge in [0.05, 0.1) is 0 Å². The largest absolute Gasteiger partial charge is 0.290 e. The highest BCUT2D eigenvalue weighted by molar-refractivity contribution is 6.17. The van der Waals surface area contributed by atoms with Gasteiger partial charge in [0.2, 0.25) is 0 Å². The first-order chi connectivity index (χ1) is 5.26. The lowest BCUT2D eigenvalue weighted by Gasteiger charge is -1.98. The lowest BCUT2D eigenvalue weighted by Crippen LogP contribution is -1.82. The summed E-state index contributed by atoms with van der Waals surface area (Å²) < 4.78 is 0. The van der Waals surface area contributed by atoms with E-state index in [9.17, 15) is 5.11 Å². The van der Waals surface area contributed by atoms with Crippen LogP contribution in [0.25, 0.3) is 0 Å². The van der Waals surface area contributed by atoms with Gasteiger partial charge in [0.1, 0.15) is 0 Å². The molecule has 11 heavy (non-hydrogen) atoms. The second-order valence-electron chi connectivity index (χ2n) is 2.25. The van der Waals surface area contributed by atoms with Crippen LogP contribution >= 0.6 is 23.2 Å². The minimum atomic E-state index is -0.0289. The molecule has 0 N–H and O–H groups in total. The summed E-state index contributed by atoms with van der Waals surface area (Å²) in [4.78, 5) is 0. The van der Waals surface area contributed by atoms with Crippen LogP contribution in [0.5, 0.6) is 5.75 Å². The third kappa shape index (κ3) is 2.28. The third-order valence-corrected chi connectivity index (χ3v) is 1.95. The molecular weight excluding hydrogens is 183 g/mol. The molecule has 1 aromatic carbocycles. The van der Waals surface area contributed by atoms with Gasteiger partial charge in [0, 0.05) is 11.8 Å². The molecule has 1 rings (SSSR count). The predicted octanol–water partition coefficient (Wildman–Crippen LogP) is 3.31. The van der Waals surface area contributed by atoms with E-state index in [2.05, 4.69) is 0 Å². The number of halogens is 2. The molecule has 0 spiro atoms. The molecular formula is C8H7Cl2O. The third-order valence-electron chi connectivity index (χ3n) is 1.33. The number of benzene rings is 1. The highest BCUT2D eigenvalue weighted by Crippen LogP contribution is 2.18. The Labute approximate surface area is 75.6 Å². The molecule has 3 heteroatoms. The Balaban J connectivity index is 3.02. The average Bonchev–Trinajstić information content (AvgIpc) is 2.03. The lowest BCUT2D eigenvalue weighted by molar-refractivity contribution is 0.354. The Morgan fingerprint density at radius 1 is 1.00 bits per heavy atom. The standard InChI is InChI=1S/C8H7Cl2O/c9-4-6-1-7(5-10)3-8(11)2-6/h1-3H,4-5H2. The zero-order chi connectivity index (χ0) is 8.27. The first-order valence-corrected chi connectivity index (χ1v) is 4.25. The SMILES string of the molecule is [O]c1cc(CCl)cc(CCl)c1. The van der Waals surface area contributed by atoms with Gasteiger partial charge in [-0.05, 0) is 23.3 Å². The maximum absolute atomic E-state index is 10.9. The van der Waals surface area contributed by atoms with E-state index >= 15 is 0 Å². The summed E-state index contributed by atoms with van der Waals surface area (Å²) in [6, 6.07) is 4.87. The van der Waals surface area contributed by atoms with Crippen LogP contribution < -0.4 is 0 Å². The summed E-state index contributed by atoms with van der Waals surface area (Å²) in [5.74, 6) is 0.693. The van der Waals surface area contributed by atoms with E-state index in [4.69, 9.17) is 23.2 Å². The molecule has 0 aromatic heterocycles. The molecule has 0 bridgehead atoms. The van der Waals surface area contributed by atoms with Crippen LogP contribution in [0.1, 0.15) is 11.1 Å².